The average Bonchev–Trinajstić information content (AvgIpc) is 2.38. The van der Waals surface area contributed by atoms with Crippen molar-refractivity contribution in [2.24, 2.45) is 0 Å². The molecule has 0 N–H and O–H groups in total. The second-order valence-corrected chi connectivity index (χ2v) is 4.82. The van der Waals surface area contributed by atoms with E-state index in [0.29, 0.717) is 16.5 Å². The van der Waals surface area contributed by atoms with Crippen LogP contribution in [0, 0.1) is 11.3 Å². The number of rotatable bonds is 2. The summed E-state index contributed by atoms with van der Waals surface area (Å²) >= 11 is 1.36. The summed E-state index contributed by atoms with van der Waals surface area (Å²) in [7, 11) is 0. The largest absolute Gasteiger partial charge is 0.355 e. The Bertz CT molecular complexity index is 476. The van der Waals surface area contributed by atoms with Crippen molar-refractivity contribution in [1.82, 2.24) is 9.97 Å². The first kappa shape index (κ1) is 13.0. The predicted octanol–water partition coefficient (Wildman–Crippen LogP) is 2.31. The van der Waals surface area contributed by atoms with Gasteiger partial charge >= 0.3 is 0 Å². The van der Waals surface area contributed by atoms with E-state index < -0.39 is 5.92 Å². The monoisotopic (exact) mass is 270 g/mol. The molecule has 1 aromatic rings. The Hall–Kier alpha value is -1.42. The van der Waals surface area contributed by atoms with Crippen molar-refractivity contribution in [2.75, 3.05) is 24.2 Å². The Kier molecular flexibility index (Phi) is 3.66. The van der Waals surface area contributed by atoms with Gasteiger partial charge in [-0.1, -0.05) is 11.8 Å². The zero-order chi connectivity index (χ0) is 13.2. The first-order valence-corrected chi connectivity index (χ1v) is 6.72. The van der Waals surface area contributed by atoms with E-state index in [9.17, 15) is 8.78 Å². The fourth-order valence-corrected chi connectivity index (χ4v) is 2.16. The van der Waals surface area contributed by atoms with Crippen molar-refractivity contribution >= 4 is 17.6 Å². The molecule has 0 amide bonds. The minimum Gasteiger partial charge on any atom is -0.355 e. The molecular weight excluding hydrogens is 258 g/mol. The molecule has 18 heavy (non-hydrogen) atoms. The fraction of sp³-hybridized carbons (Fsp3) is 0.545. The second kappa shape index (κ2) is 5.06. The highest BCUT2D eigenvalue weighted by Crippen LogP contribution is 2.31. The minimum absolute atomic E-state index is 0.198. The summed E-state index contributed by atoms with van der Waals surface area (Å²) < 4.78 is 26.2. The second-order valence-electron chi connectivity index (χ2n) is 4.05. The van der Waals surface area contributed by atoms with Gasteiger partial charge in [-0.25, -0.2) is 18.7 Å². The van der Waals surface area contributed by atoms with Crippen LogP contribution in [-0.4, -0.2) is 35.2 Å². The Morgan fingerprint density at radius 1 is 1.44 bits per heavy atom. The van der Waals surface area contributed by atoms with Crippen LogP contribution in [-0.2, 0) is 0 Å². The number of anilines is 1. The van der Waals surface area contributed by atoms with Gasteiger partial charge in [-0.2, -0.15) is 5.26 Å². The fourth-order valence-electron chi connectivity index (χ4n) is 1.82. The molecule has 0 unspecified atom stereocenters. The maximum Gasteiger partial charge on any atom is 0.251 e. The van der Waals surface area contributed by atoms with Crippen LogP contribution in [0.2, 0.25) is 0 Å². The van der Waals surface area contributed by atoms with Gasteiger partial charge in [0, 0.05) is 25.9 Å². The number of aromatic nitrogens is 2. The summed E-state index contributed by atoms with van der Waals surface area (Å²) in [6.07, 6.45) is 2.88. The molecule has 0 bridgehead atoms. The molecule has 0 spiro atoms. The van der Waals surface area contributed by atoms with Crippen LogP contribution in [0.25, 0.3) is 0 Å². The van der Waals surface area contributed by atoms with Gasteiger partial charge in [0.05, 0.1) is 6.20 Å². The van der Waals surface area contributed by atoms with E-state index in [1.54, 1.807) is 4.90 Å². The Morgan fingerprint density at radius 2 is 2.11 bits per heavy atom. The molecule has 1 aliphatic rings. The molecule has 7 heteroatoms. The summed E-state index contributed by atoms with van der Waals surface area (Å²) in [4.78, 5) is 9.98. The first-order chi connectivity index (χ1) is 8.55. The third-order valence-corrected chi connectivity index (χ3v) is 3.41. The van der Waals surface area contributed by atoms with Crippen molar-refractivity contribution in [3.63, 3.8) is 0 Å². The summed E-state index contributed by atoms with van der Waals surface area (Å²) in [5.74, 6) is -2.13. The average molecular weight is 270 g/mol. The molecule has 0 radical (unpaired) electrons. The molecule has 4 nitrogen and oxygen atoms in total. The van der Waals surface area contributed by atoms with E-state index in [4.69, 9.17) is 5.26 Å². The molecule has 0 atom stereocenters. The van der Waals surface area contributed by atoms with Crippen LogP contribution in [0.4, 0.5) is 14.6 Å². The zero-order valence-corrected chi connectivity index (χ0v) is 10.7. The first-order valence-electron chi connectivity index (χ1n) is 5.49. The molecule has 0 aromatic carbocycles. The highest BCUT2D eigenvalue weighted by molar-refractivity contribution is 7.98. The number of halogens is 2. The summed E-state index contributed by atoms with van der Waals surface area (Å²) in [5.41, 5.74) is 0.331. The third kappa shape index (κ3) is 2.70. The van der Waals surface area contributed by atoms with Crippen molar-refractivity contribution < 1.29 is 8.78 Å². The van der Waals surface area contributed by atoms with Gasteiger partial charge in [0.2, 0.25) is 0 Å². The van der Waals surface area contributed by atoms with Crippen LogP contribution in [0.3, 0.4) is 0 Å². The van der Waals surface area contributed by atoms with E-state index in [1.165, 1.54) is 18.0 Å². The zero-order valence-electron chi connectivity index (χ0n) is 9.86. The van der Waals surface area contributed by atoms with Crippen LogP contribution in [0.5, 0.6) is 0 Å². The van der Waals surface area contributed by atoms with E-state index >= 15 is 0 Å². The molecule has 96 valence electrons. The molecule has 1 fully saturated rings. The SMILES string of the molecule is CSc1ncc(C#N)c(N2CCC(F)(F)CC2)n1. The lowest BCUT2D eigenvalue weighted by atomic mass is 10.1. The highest BCUT2D eigenvalue weighted by atomic mass is 32.2. The molecule has 0 aliphatic carbocycles. The normalized spacial score (nSPS) is 18.4. The van der Waals surface area contributed by atoms with Gasteiger partial charge in [0.15, 0.2) is 11.0 Å². The summed E-state index contributed by atoms with van der Waals surface area (Å²) in [6, 6.07) is 2.00. The summed E-state index contributed by atoms with van der Waals surface area (Å²) in [5, 5.41) is 9.55. The highest BCUT2D eigenvalue weighted by Gasteiger charge is 2.35. The number of hydrogen-bond donors (Lipinski definition) is 0. The lowest BCUT2D eigenvalue weighted by molar-refractivity contribution is -0.0221. The minimum atomic E-state index is -2.60. The van der Waals surface area contributed by atoms with Crippen molar-refractivity contribution in [2.45, 2.75) is 23.9 Å². The number of thioether (sulfide) groups is 1. The predicted molar refractivity (Wildman–Crippen MR) is 64.9 cm³/mol. The third-order valence-electron chi connectivity index (χ3n) is 2.84. The van der Waals surface area contributed by atoms with Crippen LogP contribution < -0.4 is 4.90 Å². The van der Waals surface area contributed by atoms with Gasteiger partial charge in [0.25, 0.3) is 5.92 Å². The van der Waals surface area contributed by atoms with Gasteiger partial charge in [-0.3, -0.25) is 0 Å². The maximum atomic E-state index is 13.1. The Morgan fingerprint density at radius 3 is 2.67 bits per heavy atom. The molecular formula is C11H12F2N4S. The van der Waals surface area contributed by atoms with Gasteiger partial charge in [0.1, 0.15) is 11.6 Å². The lowest BCUT2D eigenvalue weighted by Gasteiger charge is -2.32. The van der Waals surface area contributed by atoms with Crippen molar-refractivity contribution in [3.05, 3.63) is 11.8 Å². The molecule has 1 aromatic heterocycles. The van der Waals surface area contributed by atoms with Crippen LogP contribution in [0.1, 0.15) is 18.4 Å². The maximum absolute atomic E-state index is 13.1. The van der Waals surface area contributed by atoms with Gasteiger partial charge < -0.3 is 4.90 Å². The number of alkyl halides is 2. The van der Waals surface area contributed by atoms with Crippen molar-refractivity contribution in [3.8, 4) is 6.07 Å². The number of nitrogens with zero attached hydrogens (tertiary/aromatic N) is 4. The van der Waals surface area contributed by atoms with E-state index in [1.807, 2.05) is 12.3 Å². The van der Waals surface area contributed by atoms with Gasteiger partial charge in [-0.05, 0) is 6.26 Å². The summed E-state index contributed by atoms with van der Waals surface area (Å²) in [6.45, 7) is 0.430. The molecule has 2 heterocycles. The molecule has 1 aliphatic heterocycles. The van der Waals surface area contributed by atoms with E-state index in [-0.39, 0.29) is 25.9 Å². The van der Waals surface area contributed by atoms with Crippen LogP contribution >= 0.6 is 11.8 Å². The van der Waals surface area contributed by atoms with Gasteiger partial charge in [-0.15, -0.1) is 0 Å². The number of hydrogen-bond acceptors (Lipinski definition) is 5. The standard InChI is InChI=1S/C11H12F2N4S/c1-18-10-15-7-8(6-14)9(16-10)17-4-2-11(12,13)3-5-17/h7H,2-5H2,1H3. The molecule has 0 saturated carbocycles. The van der Waals surface area contributed by atoms with Crippen LogP contribution in [0.15, 0.2) is 11.4 Å². The molecule has 1 saturated heterocycles. The topological polar surface area (TPSA) is 52.8 Å². The lowest BCUT2D eigenvalue weighted by Crippen LogP contribution is -2.40. The quantitative estimate of drug-likeness (QED) is 0.609. The molecule has 2 rings (SSSR count). The smallest absolute Gasteiger partial charge is 0.251 e. The number of piperidine rings is 1. The Balaban J connectivity index is 2.25. The van der Waals surface area contributed by atoms with Crippen molar-refractivity contribution in [1.29, 1.82) is 5.26 Å². The van der Waals surface area contributed by atoms with E-state index in [2.05, 4.69) is 9.97 Å². The number of nitriles is 1. The Labute approximate surface area is 108 Å². The van der Waals surface area contributed by atoms with E-state index in [0.717, 1.165) is 0 Å².